The highest BCUT2D eigenvalue weighted by molar-refractivity contribution is 6.20. The second kappa shape index (κ2) is 31.3. The molecule has 18 heteroatoms. The Labute approximate surface area is 562 Å². The molecule has 0 spiro atoms. The maximum absolute atomic E-state index is 14.9. The topological polar surface area (TPSA) is 212 Å². The standard InChI is InChI=1S/C79H61ClO17/c80-71-69(96-78(87)62-46-40-55(41-47-62)52-26-12-3-13-27-52)67(94-77(86)61-44-38-54(39-45-61)51-24-10-2-11-25-51)65(92-76(85)60-42-36-53(37-43-60)50-22-8-1-9-23-50)63(90-71)49-89-79-70(97-75(84)59-34-20-7-21-35-59)68(95-74(83)58-32-18-6-19-33-58)66(93-73(82)57-30-16-5-17-31-57)64(91-79)48-88-72(81)56-28-14-4-15-29-56/h1-47,63-71,79H,48-49H2/t63-,64-,65+,66-,67+,68+,69-,70-,71-,79-/m1/s1. The first kappa shape index (κ1) is 65.7. The van der Waals surface area contributed by atoms with Gasteiger partial charge < -0.3 is 47.4 Å². The van der Waals surface area contributed by atoms with Crippen molar-refractivity contribution < 1.29 is 80.9 Å². The van der Waals surface area contributed by atoms with Crippen LogP contribution in [0.25, 0.3) is 33.4 Å². The maximum Gasteiger partial charge on any atom is 0.338 e. The highest BCUT2D eigenvalue weighted by Gasteiger charge is 2.56. The van der Waals surface area contributed by atoms with E-state index in [1.54, 1.807) is 146 Å². The van der Waals surface area contributed by atoms with Gasteiger partial charge in [0.2, 0.25) is 0 Å². The Hall–Kier alpha value is -11.3. The fourth-order valence-electron chi connectivity index (χ4n) is 11.1. The first-order chi connectivity index (χ1) is 47.4. The summed E-state index contributed by atoms with van der Waals surface area (Å²) in [6, 6.07) is 79.5. The van der Waals surface area contributed by atoms with Gasteiger partial charge in [-0.15, -0.1) is 0 Å². The minimum atomic E-state index is -1.91. The Kier molecular flexibility index (Phi) is 21.2. The summed E-state index contributed by atoms with van der Waals surface area (Å²) in [7, 11) is 0. The fraction of sp³-hybridized carbons (Fsp3) is 0.152. The Balaban J connectivity index is 0.937. The van der Waals surface area contributed by atoms with Crippen molar-refractivity contribution in [2.24, 2.45) is 0 Å². The van der Waals surface area contributed by atoms with Crippen LogP contribution in [0.15, 0.2) is 285 Å². The molecule has 0 unspecified atom stereocenters. The van der Waals surface area contributed by atoms with Crippen molar-refractivity contribution in [3.63, 3.8) is 0 Å². The van der Waals surface area contributed by atoms with Gasteiger partial charge in [-0.25, -0.2) is 33.6 Å². The van der Waals surface area contributed by atoms with E-state index in [0.29, 0.717) is 0 Å². The molecule has 0 amide bonds. The number of carbonyl (C=O) groups is 7. The fourth-order valence-corrected chi connectivity index (χ4v) is 11.4. The van der Waals surface area contributed by atoms with Gasteiger partial charge in [-0.1, -0.05) is 212 Å². The van der Waals surface area contributed by atoms with Crippen LogP contribution < -0.4 is 0 Å². The van der Waals surface area contributed by atoms with Crippen molar-refractivity contribution in [1.82, 2.24) is 0 Å². The van der Waals surface area contributed by atoms with E-state index in [0.717, 1.165) is 33.4 Å². The van der Waals surface area contributed by atoms with Crippen molar-refractivity contribution in [1.29, 1.82) is 0 Å². The van der Waals surface area contributed by atoms with Crippen LogP contribution in [-0.4, -0.2) is 116 Å². The van der Waals surface area contributed by atoms with Gasteiger partial charge in [-0.05, 0) is 118 Å². The smallest absolute Gasteiger partial charge is 0.338 e. The zero-order valence-corrected chi connectivity index (χ0v) is 52.4. The third-order valence-electron chi connectivity index (χ3n) is 16.2. The van der Waals surface area contributed by atoms with Crippen LogP contribution in [0.1, 0.15) is 72.5 Å². The molecule has 2 heterocycles. The van der Waals surface area contributed by atoms with Gasteiger partial charge in [-0.2, -0.15) is 0 Å². The van der Waals surface area contributed by atoms with Gasteiger partial charge in [0.25, 0.3) is 0 Å². The molecule has 0 bridgehead atoms. The van der Waals surface area contributed by atoms with Gasteiger partial charge in [0, 0.05) is 0 Å². The number of benzene rings is 10. The number of carbonyl (C=O) groups excluding carboxylic acids is 7. The third-order valence-corrected chi connectivity index (χ3v) is 16.5. The molecule has 0 aromatic heterocycles. The number of halogens is 1. The predicted octanol–water partition coefficient (Wildman–Crippen LogP) is 13.9. The summed E-state index contributed by atoms with van der Waals surface area (Å²) >= 11 is 7.27. The molecule has 17 nitrogen and oxygen atoms in total. The Morgan fingerprint density at radius 2 is 0.505 bits per heavy atom. The quantitative estimate of drug-likeness (QED) is 0.0372. The highest BCUT2D eigenvalue weighted by atomic mass is 35.5. The van der Waals surface area contributed by atoms with Crippen LogP contribution >= 0.6 is 11.6 Å². The van der Waals surface area contributed by atoms with E-state index in [4.69, 9.17) is 59.0 Å². The van der Waals surface area contributed by atoms with E-state index in [-0.39, 0.29) is 38.9 Å². The monoisotopic (exact) mass is 1320 g/mol. The van der Waals surface area contributed by atoms with E-state index in [1.165, 1.54) is 48.5 Å². The molecule has 12 rings (SSSR count). The van der Waals surface area contributed by atoms with Crippen LogP contribution in [0.3, 0.4) is 0 Å². The first-order valence-corrected chi connectivity index (χ1v) is 31.5. The average Bonchev–Trinajstić information content (AvgIpc) is 0.784. The van der Waals surface area contributed by atoms with Crippen molar-refractivity contribution >= 4 is 53.4 Å². The molecule has 10 atom stereocenters. The summed E-state index contributed by atoms with van der Waals surface area (Å²) in [5.41, 5.74) is 3.70. The minimum Gasteiger partial charge on any atom is -0.459 e. The van der Waals surface area contributed by atoms with Crippen molar-refractivity contribution in [3.05, 3.63) is 324 Å². The number of rotatable bonds is 21. The molecule has 10 aromatic carbocycles. The zero-order chi connectivity index (χ0) is 67.0. The van der Waals surface area contributed by atoms with Gasteiger partial charge in [0.1, 0.15) is 18.8 Å². The maximum atomic E-state index is 14.9. The van der Waals surface area contributed by atoms with Crippen LogP contribution in [0, 0.1) is 0 Å². The van der Waals surface area contributed by atoms with E-state index < -0.39 is 116 Å². The molecule has 2 aliphatic rings. The van der Waals surface area contributed by atoms with E-state index in [2.05, 4.69) is 0 Å². The van der Waals surface area contributed by atoms with E-state index in [9.17, 15) is 33.6 Å². The van der Waals surface area contributed by atoms with E-state index >= 15 is 0 Å². The summed E-state index contributed by atoms with van der Waals surface area (Å²) in [5, 5.41) is 0. The molecule has 0 N–H and O–H groups in total. The molecule has 486 valence electrons. The van der Waals surface area contributed by atoms with Crippen LogP contribution in [0.4, 0.5) is 0 Å². The SMILES string of the molecule is O=C(OC[C@H]1O[C@@H](OC[C@H]2O[C@@H](Cl)[C@H](OC(=O)c3ccc(-c4ccccc4)cc3)[C@@H](OC(=O)c3ccc(-c4ccccc4)cc3)[C@H]2OC(=O)c2ccc(-c3ccccc3)cc2)[C@H](OC(=O)c2ccccc2)[C@@H](OC(=O)c2ccccc2)[C@@H]1OC(=O)c1ccccc1)c1ccccc1. The lowest BCUT2D eigenvalue weighted by Gasteiger charge is -2.46. The van der Waals surface area contributed by atoms with Gasteiger partial charge >= 0.3 is 41.8 Å². The average molecular weight is 1320 g/mol. The Bertz CT molecular complexity index is 4310. The number of ether oxygens (including phenoxy) is 10. The largest absolute Gasteiger partial charge is 0.459 e. The highest BCUT2D eigenvalue weighted by Crippen LogP contribution is 2.37. The van der Waals surface area contributed by atoms with Crippen molar-refractivity contribution in [3.8, 4) is 33.4 Å². The molecule has 97 heavy (non-hydrogen) atoms. The van der Waals surface area contributed by atoms with Crippen molar-refractivity contribution in [2.45, 2.75) is 60.7 Å². The second-order valence-electron chi connectivity index (χ2n) is 22.5. The van der Waals surface area contributed by atoms with Crippen LogP contribution in [0.5, 0.6) is 0 Å². The molecular formula is C79H61ClO17. The minimum absolute atomic E-state index is 0.0302. The zero-order valence-electron chi connectivity index (χ0n) is 51.6. The number of hydrogen-bond acceptors (Lipinski definition) is 17. The molecule has 2 saturated heterocycles. The van der Waals surface area contributed by atoms with Crippen LogP contribution in [0.2, 0.25) is 0 Å². The molecular weight excluding hydrogens is 1260 g/mol. The van der Waals surface area contributed by atoms with Gasteiger partial charge in [-0.3, -0.25) is 0 Å². The Morgan fingerprint density at radius 3 is 0.845 bits per heavy atom. The normalized spacial score (nSPS) is 20.3. The number of esters is 7. The summed E-state index contributed by atoms with van der Waals surface area (Å²) in [6.45, 7) is -1.47. The molecule has 0 aliphatic carbocycles. The third kappa shape index (κ3) is 16.3. The van der Waals surface area contributed by atoms with Gasteiger partial charge in [0.05, 0.1) is 45.6 Å². The molecule has 0 saturated carbocycles. The Morgan fingerprint density at radius 1 is 0.258 bits per heavy atom. The molecule has 2 aliphatic heterocycles. The molecule has 10 aromatic rings. The molecule has 0 radical (unpaired) electrons. The predicted molar refractivity (Wildman–Crippen MR) is 356 cm³/mol. The summed E-state index contributed by atoms with van der Waals surface area (Å²) in [6.07, 6.45) is -16.0. The summed E-state index contributed by atoms with van der Waals surface area (Å²) < 4.78 is 63.8. The number of hydrogen-bond donors (Lipinski definition) is 0. The lowest BCUT2D eigenvalue weighted by molar-refractivity contribution is -0.309. The first-order valence-electron chi connectivity index (χ1n) is 31.1. The summed E-state index contributed by atoms with van der Waals surface area (Å²) in [4.78, 5) is 102. The number of alkyl halides is 1. The lowest BCUT2D eigenvalue weighted by atomic mass is 9.97. The lowest BCUT2D eigenvalue weighted by Crippen LogP contribution is -2.64. The van der Waals surface area contributed by atoms with Gasteiger partial charge in [0.15, 0.2) is 48.5 Å². The van der Waals surface area contributed by atoms with Crippen LogP contribution in [-0.2, 0) is 47.4 Å². The second-order valence-corrected chi connectivity index (χ2v) is 22.9. The summed E-state index contributed by atoms with van der Waals surface area (Å²) in [5.74, 6) is -6.52. The van der Waals surface area contributed by atoms with E-state index in [1.807, 2.05) is 91.0 Å². The molecule has 2 fully saturated rings. The van der Waals surface area contributed by atoms with Crippen molar-refractivity contribution in [2.75, 3.05) is 13.2 Å².